The van der Waals surface area contributed by atoms with Crippen molar-refractivity contribution in [2.75, 3.05) is 6.54 Å². The van der Waals surface area contributed by atoms with Gasteiger partial charge < -0.3 is 5.32 Å². The largest absolute Gasteiger partial charge is 0.308 e. The molecule has 4 nitrogen and oxygen atoms in total. The highest BCUT2D eigenvalue weighted by Gasteiger charge is 2.11. The minimum Gasteiger partial charge on any atom is -0.308 e. The molecule has 1 aromatic heterocycles. The molecule has 20 heavy (non-hydrogen) atoms. The van der Waals surface area contributed by atoms with Gasteiger partial charge >= 0.3 is 0 Å². The molecule has 106 valence electrons. The smallest absolute Gasteiger partial charge is 0.253 e. The SMILES string of the molecule is CCCNC(Cn1cnccc1=O)c1ccc(C)cc1. The molecule has 0 bridgehead atoms. The van der Waals surface area contributed by atoms with Gasteiger partial charge in [-0.05, 0) is 25.5 Å². The maximum Gasteiger partial charge on any atom is 0.253 e. The lowest BCUT2D eigenvalue weighted by Gasteiger charge is -2.20. The van der Waals surface area contributed by atoms with Crippen molar-refractivity contribution in [2.45, 2.75) is 32.9 Å². The molecule has 4 heteroatoms. The van der Waals surface area contributed by atoms with Crippen LogP contribution in [0.25, 0.3) is 0 Å². The highest BCUT2D eigenvalue weighted by molar-refractivity contribution is 5.24. The summed E-state index contributed by atoms with van der Waals surface area (Å²) in [7, 11) is 0. The molecule has 1 N–H and O–H groups in total. The maximum absolute atomic E-state index is 11.8. The Balaban J connectivity index is 2.21. The van der Waals surface area contributed by atoms with Gasteiger partial charge in [-0.25, -0.2) is 4.98 Å². The van der Waals surface area contributed by atoms with Gasteiger partial charge in [0, 0.05) is 18.8 Å². The molecule has 0 radical (unpaired) electrons. The average Bonchev–Trinajstić information content (AvgIpc) is 2.46. The highest BCUT2D eigenvalue weighted by atomic mass is 16.1. The molecule has 0 amide bonds. The van der Waals surface area contributed by atoms with Gasteiger partial charge in [-0.2, -0.15) is 0 Å². The van der Waals surface area contributed by atoms with Gasteiger partial charge in [-0.15, -0.1) is 0 Å². The maximum atomic E-state index is 11.8. The summed E-state index contributed by atoms with van der Waals surface area (Å²) in [5.41, 5.74) is 2.41. The third-order valence-electron chi connectivity index (χ3n) is 3.29. The third kappa shape index (κ3) is 3.78. The number of hydrogen-bond acceptors (Lipinski definition) is 3. The van der Waals surface area contributed by atoms with E-state index in [2.05, 4.69) is 48.4 Å². The van der Waals surface area contributed by atoms with Crippen molar-refractivity contribution in [2.24, 2.45) is 0 Å². The number of nitrogens with one attached hydrogen (secondary N) is 1. The average molecular weight is 271 g/mol. The molecule has 2 aromatic rings. The van der Waals surface area contributed by atoms with Crippen LogP contribution in [0.4, 0.5) is 0 Å². The highest BCUT2D eigenvalue weighted by Crippen LogP contribution is 2.15. The van der Waals surface area contributed by atoms with Crippen molar-refractivity contribution in [1.29, 1.82) is 0 Å². The zero-order valence-electron chi connectivity index (χ0n) is 12.0. The van der Waals surface area contributed by atoms with Crippen LogP contribution in [0.2, 0.25) is 0 Å². The van der Waals surface area contributed by atoms with Crippen LogP contribution in [0.15, 0.2) is 47.7 Å². The second kappa shape index (κ2) is 7.01. The standard InChI is InChI=1S/C16H21N3O/c1-3-9-18-15(14-6-4-13(2)5-7-14)11-19-12-17-10-8-16(19)20/h4-8,10,12,15,18H,3,9,11H2,1-2H3. The van der Waals surface area contributed by atoms with Gasteiger partial charge in [0.1, 0.15) is 0 Å². The number of rotatable bonds is 6. The second-order valence-corrected chi connectivity index (χ2v) is 4.99. The molecule has 0 saturated heterocycles. The fraction of sp³-hybridized carbons (Fsp3) is 0.375. The normalized spacial score (nSPS) is 12.3. The Morgan fingerprint density at radius 1 is 1.25 bits per heavy atom. The first kappa shape index (κ1) is 14.5. The van der Waals surface area contributed by atoms with Crippen molar-refractivity contribution in [1.82, 2.24) is 14.9 Å². The molecular formula is C16H21N3O. The van der Waals surface area contributed by atoms with Crippen molar-refractivity contribution < 1.29 is 0 Å². The van der Waals surface area contributed by atoms with Crippen molar-refractivity contribution >= 4 is 0 Å². The van der Waals surface area contributed by atoms with E-state index >= 15 is 0 Å². The van der Waals surface area contributed by atoms with E-state index in [0.29, 0.717) is 6.54 Å². The Bertz CT molecular complexity index is 589. The predicted octanol–water partition coefficient (Wildman–Crippen LogP) is 2.29. The molecule has 0 aliphatic heterocycles. The molecule has 0 spiro atoms. The van der Waals surface area contributed by atoms with Crippen LogP contribution < -0.4 is 10.9 Å². The van der Waals surface area contributed by atoms with E-state index in [9.17, 15) is 4.79 Å². The topological polar surface area (TPSA) is 46.9 Å². The second-order valence-electron chi connectivity index (χ2n) is 4.99. The molecule has 1 atom stereocenters. The van der Waals surface area contributed by atoms with Crippen molar-refractivity contribution in [3.8, 4) is 0 Å². The molecule has 0 aliphatic rings. The zero-order valence-corrected chi connectivity index (χ0v) is 12.0. The molecule has 1 aromatic carbocycles. The van der Waals surface area contributed by atoms with Gasteiger partial charge in [-0.3, -0.25) is 9.36 Å². The van der Waals surface area contributed by atoms with Crippen LogP contribution in [0.3, 0.4) is 0 Å². The first-order valence-electron chi connectivity index (χ1n) is 7.01. The summed E-state index contributed by atoms with van der Waals surface area (Å²) >= 11 is 0. The lowest BCUT2D eigenvalue weighted by molar-refractivity contribution is 0.453. The van der Waals surface area contributed by atoms with Crippen LogP contribution in [0, 0.1) is 6.92 Å². The van der Waals surface area contributed by atoms with Gasteiger partial charge in [0.2, 0.25) is 0 Å². The number of benzene rings is 1. The molecular weight excluding hydrogens is 250 g/mol. The Morgan fingerprint density at radius 3 is 2.65 bits per heavy atom. The number of nitrogens with zero attached hydrogens (tertiary/aromatic N) is 2. The summed E-state index contributed by atoms with van der Waals surface area (Å²) < 4.78 is 1.65. The molecule has 0 saturated carbocycles. The van der Waals surface area contributed by atoms with E-state index in [0.717, 1.165) is 13.0 Å². The Hall–Kier alpha value is -1.94. The molecule has 1 unspecified atom stereocenters. The monoisotopic (exact) mass is 271 g/mol. The van der Waals surface area contributed by atoms with Crippen LogP contribution >= 0.6 is 0 Å². The van der Waals surface area contributed by atoms with Gasteiger partial charge in [0.15, 0.2) is 0 Å². The number of aryl methyl sites for hydroxylation is 1. The first-order valence-corrected chi connectivity index (χ1v) is 7.01. The quantitative estimate of drug-likeness (QED) is 0.877. The fourth-order valence-corrected chi connectivity index (χ4v) is 2.12. The minimum atomic E-state index is -0.0181. The van der Waals surface area contributed by atoms with E-state index in [1.54, 1.807) is 10.9 Å². The summed E-state index contributed by atoms with van der Waals surface area (Å²) in [6.07, 6.45) is 4.18. The van der Waals surface area contributed by atoms with E-state index in [-0.39, 0.29) is 11.6 Å². The van der Waals surface area contributed by atoms with Crippen LogP contribution in [-0.4, -0.2) is 16.1 Å². The van der Waals surface area contributed by atoms with Crippen LogP contribution in [0.5, 0.6) is 0 Å². The summed E-state index contributed by atoms with van der Waals surface area (Å²) in [5, 5.41) is 3.49. The van der Waals surface area contributed by atoms with Gasteiger partial charge in [0.25, 0.3) is 5.56 Å². The summed E-state index contributed by atoms with van der Waals surface area (Å²) in [6.45, 7) is 5.72. The molecule has 1 heterocycles. The predicted molar refractivity (Wildman–Crippen MR) is 80.7 cm³/mol. The van der Waals surface area contributed by atoms with Crippen LogP contribution in [0.1, 0.15) is 30.5 Å². The van der Waals surface area contributed by atoms with Gasteiger partial charge in [0.05, 0.1) is 12.4 Å². The number of aromatic nitrogens is 2. The lowest BCUT2D eigenvalue weighted by Crippen LogP contribution is -2.30. The first-order chi connectivity index (χ1) is 9.70. The van der Waals surface area contributed by atoms with Crippen LogP contribution in [-0.2, 0) is 6.54 Å². The minimum absolute atomic E-state index is 0.0181. The third-order valence-corrected chi connectivity index (χ3v) is 3.29. The fourth-order valence-electron chi connectivity index (χ4n) is 2.12. The summed E-state index contributed by atoms with van der Waals surface area (Å²) in [5.74, 6) is 0. The summed E-state index contributed by atoms with van der Waals surface area (Å²) in [4.78, 5) is 15.8. The Morgan fingerprint density at radius 2 is 2.00 bits per heavy atom. The van der Waals surface area contributed by atoms with E-state index < -0.39 is 0 Å². The summed E-state index contributed by atoms with van der Waals surface area (Å²) in [6, 6.07) is 10.0. The lowest BCUT2D eigenvalue weighted by atomic mass is 10.0. The Labute approximate surface area is 119 Å². The Kier molecular flexibility index (Phi) is 5.07. The molecule has 0 aliphatic carbocycles. The van der Waals surface area contributed by atoms with E-state index in [1.807, 2.05) is 0 Å². The van der Waals surface area contributed by atoms with Crippen molar-refractivity contribution in [3.63, 3.8) is 0 Å². The van der Waals surface area contributed by atoms with Crippen molar-refractivity contribution in [3.05, 3.63) is 64.3 Å². The van der Waals surface area contributed by atoms with Gasteiger partial charge in [-0.1, -0.05) is 36.8 Å². The van der Waals surface area contributed by atoms with E-state index in [1.165, 1.54) is 23.4 Å². The molecule has 0 fully saturated rings. The van der Waals surface area contributed by atoms with E-state index in [4.69, 9.17) is 0 Å². The zero-order chi connectivity index (χ0) is 14.4. The molecule has 2 rings (SSSR count). The number of hydrogen-bond donors (Lipinski definition) is 1.